The summed E-state index contributed by atoms with van der Waals surface area (Å²) >= 11 is 0. The molecule has 0 amide bonds. The highest BCUT2D eigenvalue weighted by Gasteiger charge is 2.20. The van der Waals surface area contributed by atoms with Crippen LogP contribution in [0.25, 0.3) is 0 Å². The van der Waals surface area contributed by atoms with Gasteiger partial charge in [-0.1, -0.05) is 35.9 Å². The highest BCUT2D eigenvalue weighted by atomic mass is 32.2. The van der Waals surface area contributed by atoms with Gasteiger partial charge >= 0.3 is 0 Å². The molecule has 1 N–H and O–H groups in total. The summed E-state index contributed by atoms with van der Waals surface area (Å²) < 4.78 is 24.3. The number of rotatable bonds is 6. The third-order valence-corrected chi connectivity index (χ3v) is 5.09. The quantitative estimate of drug-likeness (QED) is 0.496. The standard InChI is InChI=1S/C17H22N2O2S/c1-4-15-6-5-7-16(15)12-14(3)18-19-22(20,21)17-10-8-13(2)9-11-17/h4-5,7-11,15-16,19H,1,6,12H2,2-3H3/b18-14+/t15-,16-/m1/s1. The van der Waals surface area contributed by atoms with Crippen molar-refractivity contribution in [1.82, 2.24) is 4.83 Å². The molecule has 2 atom stereocenters. The molecule has 2 rings (SSSR count). The molecule has 4 nitrogen and oxygen atoms in total. The number of hydrogen-bond donors (Lipinski definition) is 1. The number of nitrogens with one attached hydrogen (secondary N) is 1. The maximum Gasteiger partial charge on any atom is 0.276 e. The van der Waals surface area contributed by atoms with Crippen LogP contribution in [0.4, 0.5) is 0 Å². The average Bonchev–Trinajstić information content (AvgIpc) is 2.93. The second-order valence-electron chi connectivity index (χ2n) is 5.69. The second kappa shape index (κ2) is 6.92. The average molecular weight is 318 g/mol. The first kappa shape index (κ1) is 16.5. The second-order valence-corrected chi connectivity index (χ2v) is 7.35. The highest BCUT2D eigenvalue weighted by Crippen LogP contribution is 2.29. The Hall–Kier alpha value is -1.88. The predicted octanol–water partition coefficient (Wildman–Crippen LogP) is 3.42. The molecule has 1 aliphatic carbocycles. The Bertz CT molecular complexity index is 688. The van der Waals surface area contributed by atoms with Crippen LogP contribution in [0.5, 0.6) is 0 Å². The summed E-state index contributed by atoms with van der Waals surface area (Å²) in [7, 11) is -3.60. The lowest BCUT2D eigenvalue weighted by atomic mass is 9.91. The molecule has 0 bridgehead atoms. The van der Waals surface area contributed by atoms with Crippen LogP contribution in [0.15, 0.2) is 59.1 Å². The van der Waals surface area contributed by atoms with Crippen molar-refractivity contribution in [3.8, 4) is 0 Å². The summed E-state index contributed by atoms with van der Waals surface area (Å²) in [6.07, 6.45) is 7.97. The fraction of sp³-hybridized carbons (Fsp3) is 0.353. The predicted molar refractivity (Wildman–Crippen MR) is 90.2 cm³/mol. The molecular weight excluding hydrogens is 296 g/mol. The topological polar surface area (TPSA) is 58.5 Å². The highest BCUT2D eigenvalue weighted by molar-refractivity contribution is 7.89. The van der Waals surface area contributed by atoms with E-state index in [-0.39, 0.29) is 4.90 Å². The fourth-order valence-electron chi connectivity index (χ4n) is 2.51. The molecule has 0 saturated heterocycles. The van der Waals surface area contributed by atoms with E-state index in [1.165, 1.54) is 0 Å². The van der Waals surface area contributed by atoms with Crippen LogP contribution in [0, 0.1) is 18.8 Å². The summed E-state index contributed by atoms with van der Waals surface area (Å²) in [5.41, 5.74) is 1.78. The lowest BCUT2D eigenvalue weighted by Gasteiger charge is -2.15. The van der Waals surface area contributed by atoms with E-state index in [0.29, 0.717) is 11.8 Å². The van der Waals surface area contributed by atoms with Gasteiger partial charge in [-0.15, -0.1) is 6.58 Å². The first-order valence-corrected chi connectivity index (χ1v) is 8.81. The molecule has 0 saturated carbocycles. The zero-order chi connectivity index (χ0) is 16.2. The Morgan fingerprint density at radius 2 is 2.09 bits per heavy atom. The molecule has 118 valence electrons. The van der Waals surface area contributed by atoms with E-state index in [9.17, 15) is 8.42 Å². The van der Waals surface area contributed by atoms with Gasteiger partial charge in [-0.05, 0) is 50.7 Å². The molecule has 0 heterocycles. The van der Waals surface area contributed by atoms with Crippen molar-refractivity contribution >= 4 is 15.7 Å². The van der Waals surface area contributed by atoms with Crippen molar-refractivity contribution in [3.05, 3.63) is 54.6 Å². The van der Waals surface area contributed by atoms with Crippen molar-refractivity contribution in [2.75, 3.05) is 0 Å². The lowest BCUT2D eigenvalue weighted by molar-refractivity contribution is 0.526. The van der Waals surface area contributed by atoms with Gasteiger partial charge in [0.1, 0.15) is 0 Å². The molecule has 1 aromatic carbocycles. The van der Waals surface area contributed by atoms with E-state index < -0.39 is 10.0 Å². The molecule has 22 heavy (non-hydrogen) atoms. The maximum absolute atomic E-state index is 12.2. The number of hydrazone groups is 1. The maximum atomic E-state index is 12.2. The van der Waals surface area contributed by atoms with Crippen molar-refractivity contribution in [2.45, 2.75) is 31.6 Å². The van der Waals surface area contributed by atoms with Gasteiger partial charge in [0.2, 0.25) is 0 Å². The molecular formula is C17H22N2O2S. The van der Waals surface area contributed by atoms with E-state index in [1.807, 2.05) is 19.9 Å². The number of benzene rings is 1. The molecule has 0 spiro atoms. The Morgan fingerprint density at radius 3 is 2.73 bits per heavy atom. The summed E-state index contributed by atoms with van der Waals surface area (Å²) in [5, 5.41) is 4.04. The van der Waals surface area contributed by atoms with Gasteiger partial charge in [-0.2, -0.15) is 13.5 Å². The molecule has 0 aliphatic heterocycles. The summed E-state index contributed by atoms with van der Waals surface area (Å²) in [6, 6.07) is 6.69. The Morgan fingerprint density at radius 1 is 1.41 bits per heavy atom. The molecule has 0 aromatic heterocycles. The van der Waals surface area contributed by atoms with Crippen LogP contribution in [0.3, 0.4) is 0 Å². The van der Waals surface area contributed by atoms with E-state index in [2.05, 4.69) is 28.7 Å². The molecule has 0 fully saturated rings. The normalized spacial score (nSPS) is 21.8. The molecule has 0 unspecified atom stereocenters. The van der Waals surface area contributed by atoms with Crippen molar-refractivity contribution in [1.29, 1.82) is 0 Å². The van der Waals surface area contributed by atoms with Crippen LogP contribution in [0.1, 0.15) is 25.3 Å². The minimum atomic E-state index is -3.60. The number of hydrogen-bond acceptors (Lipinski definition) is 3. The third kappa shape index (κ3) is 4.07. The van der Waals surface area contributed by atoms with E-state index in [4.69, 9.17) is 0 Å². The Labute approximate surface area is 132 Å². The largest absolute Gasteiger partial charge is 0.276 e. The number of nitrogens with zero attached hydrogens (tertiary/aromatic N) is 1. The first-order valence-electron chi connectivity index (χ1n) is 7.33. The summed E-state index contributed by atoms with van der Waals surface area (Å²) in [4.78, 5) is 2.53. The van der Waals surface area contributed by atoms with Gasteiger partial charge in [-0.3, -0.25) is 0 Å². The number of aryl methyl sites for hydroxylation is 1. The SMILES string of the molecule is C=C[C@@H]1CC=C[C@@H]1C/C(C)=N/NS(=O)(=O)c1ccc(C)cc1. The first-order chi connectivity index (χ1) is 10.4. The van der Waals surface area contributed by atoms with Gasteiger partial charge in [0.05, 0.1) is 4.90 Å². The molecule has 0 radical (unpaired) electrons. The van der Waals surface area contributed by atoms with Gasteiger partial charge < -0.3 is 0 Å². The number of allylic oxidation sites excluding steroid dienone is 3. The Balaban J connectivity index is 2.02. The van der Waals surface area contributed by atoms with E-state index >= 15 is 0 Å². The minimum absolute atomic E-state index is 0.222. The van der Waals surface area contributed by atoms with Crippen LogP contribution in [-0.4, -0.2) is 14.1 Å². The molecule has 5 heteroatoms. The van der Waals surface area contributed by atoms with E-state index in [1.54, 1.807) is 24.3 Å². The summed E-state index contributed by atoms with van der Waals surface area (Å²) in [5.74, 6) is 0.768. The molecule has 1 aromatic rings. The zero-order valence-electron chi connectivity index (χ0n) is 13.0. The van der Waals surface area contributed by atoms with Crippen LogP contribution in [0.2, 0.25) is 0 Å². The van der Waals surface area contributed by atoms with Crippen LogP contribution in [-0.2, 0) is 10.0 Å². The summed E-state index contributed by atoms with van der Waals surface area (Å²) in [6.45, 7) is 7.59. The lowest BCUT2D eigenvalue weighted by Crippen LogP contribution is -2.20. The van der Waals surface area contributed by atoms with Gasteiger partial charge in [0.25, 0.3) is 10.0 Å². The van der Waals surface area contributed by atoms with E-state index in [0.717, 1.165) is 24.1 Å². The van der Waals surface area contributed by atoms with Gasteiger partial charge in [0.15, 0.2) is 0 Å². The van der Waals surface area contributed by atoms with Crippen molar-refractivity contribution in [2.24, 2.45) is 16.9 Å². The monoisotopic (exact) mass is 318 g/mol. The van der Waals surface area contributed by atoms with Gasteiger partial charge in [-0.25, -0.2) is 4.83 Å². The number of sulfonamides is 1. The minimum Gasteiger partial charge on any atom is -0.200 e. The third-order valence-electron chi connectivity index (χ3n) is 3.86. The zero-order valence-corrected chi connectivity index (χ0v) is 13.8. The van der Waals surface area contributed by atoms with Gasteiger partial charge in [0, 0.05) is 5.71 Å². The fourth-order valence-corrected chi connectivity index (χ4v) is 3.39. The Kier molecular flexibility index (Phi) is 5.19. The van der Waals surface area contributed by atoms with Crippen LogP contribution < -0.4 is 4.83 Å². The molecule has 1 aliphatic rings. The smallest absolute Gasteiger partial charge is 0.200 e. The van der Waals surface area contributed by atoms with Crippen molar-refractivity contribution in [3.63, 3.8) is 0 Å². The van der Waals surface area contributed by atoms with Crippen molar-refractivity contribution < 1.29 is 8.42 Å². The van der Waals surface area contributed by atoms with Crippen LogP contribution >= 0.6 is 0 Å².